The van der Waals surface area contributed by atoms with Gasteiger partial charge in [-0.25, -0.2) is 4.39 Å². The summed E-state index contributed by atoms with van der Waals surface area (Å²) in [6.45, 7) is 6.84. The first-order valence-corrected chi connectivity index (χ1v) is 13.3. The van der Waals surface area contributed by atoms with Gasteiger partial charge < -0.3 is 15.7 Å². The standard InChI is InChI=1S/C30H34FN5O3/c1-4-19-10-9-11-20(5-2)26(19)36-27(22(16-32)17-33-6-3)34-28(37)25(30(36)39)29(38)35-15-14-21(18-35)23-12-7-8-13-24(23)31/h7-13,16-17,21,37H,4-6,14-15,18,32H2,1-3H3. The zero-order valence-electron chi connectivity index (χ0n) is 22.5. The number of amides is 1. The van der Waals surface area contributed by atoms with Gasteiger partial charge in [0.05, 0.1) is 11.3 Å². The fraction of sp³-hybridized carbons (Fsp3) is 0.333. The highest BCUT2D eigenvalue weighted by molar-refractivity contribution is 6.08. The highest BCUT2D eigenvalue weighted by atomic mass is 19.1. The highest BCUT2D eigenvalue weighted by Gasteiger charge is 2.34. The van der Waals surface area contributed by atoms with Crippen LogP contribution in [0, 0.1) is 5.82 Å². The molecule has 1 amide bonds. The third-order valence-electron chi connectivity index (χ3n) is 7.14. The molecular formula is C30H34FN5O3. The summed E-state index contributed by atoms with van der Waals surface area (Å²) in [6.07, 6.45) is 4.57. The number of hydrogen-bond acceptors (Lipinski definition) is 6. The van der Waals surface area contributed by atoms with Gasteiger partial charge in [-0.05, 0) is 48.9 Å². The Labute approximate surface area is 227 Å². The van der Waals surface area contributed by atoms with E-state index < -0.39 is 22.9 Å². The average molecular weight is 532 g/mol. The summed E-state index contributed by atoms with van der Waals surface area (Å²) in [7, 11) is 0. The van der Waals surface area contributed by atoms with Crippen LogP contribution >= 0.6 is 0 Å². The second-order valence-corrected chi connectivity index (χ2v) is 9.41. The number of aryl methyl sites for hydroxylation is 2. The molecular weight excluding hydrogens is 497 g/mol. The van der Waals surface area contributed by atoms with Gasteiger partial charge in [0.1, 0.15) is 5.82 Å². The first kappa shape index (κ1) is 27.8. The van der Waals surface area contributed by atoms with Crippen LogP contribution < -0.4 is 11.3 Å². The largest absolute Gasteiger partial charge is 0.493 e. The minimum atomic E-state index is -0.698. The molecule has 4 rings (SSSR count). The number of allylic oxidation sites excluding steroid dienone is 1. The number of rotatable bonds is 8. The second kappa shape index (κ2) is 12.1. The summed E-state index contributed by atoms with van der Waals surface area (Å²) in [4.78, 5) is 38.0. The Hall–Kier alpha value is -4.27. The molecule has 1 saturated heterocycles. The zero-order chi connectivity index (χ0) is 28.1. The summed E-state index contributed by atoms with van der Waals surface area (Å²) in [5.74, 6) is -1.77. The van der Waals surface area contributed by atoms with E-state index in [4.69, 9.17) is 5.73 Å². The van der Waals surface area contributed by atoms with E-state index in [9.17, 15) is 19.1 Å². The molecule has 1 unspecified atom stereocenters. The number of halogens is 1. The van der Waals surface area contributed by atoms with Crippen molar-refractivity contribution < 1.29 is 14.3 Å². The van der Waals surface area contributed by atoms with Gasteiger partial charge in [0, 0.05) is 38.0 Å². The molecule has 1 aliphatic rings. The molecule has 0 spiro atoms. The molecule has 2 aromatic carbocycles. The molecule has 8 nitrogen and oxygen atoms in total. The first-order valence-electron chi connectivity index (χ1n) is 13.3. The van der Waals surface area contributed by atoms with Crippen molar-refractivity contribution in [3.8, 4) is 11.6 Å². The normalized spacial score (nSPS) is 15.8. The lowest BCUT2D eigenvalue weighted by Crippen LogP contribution is -2.37. The smallest absolute Gasteiger partial charge is 0.275 e. The Kier molecular flexibility index (Phi) is 8.59. The topological polar surface area (TPSA) is 114 Å². The number of para-hydroxylation sites is 1. The van der Waals surface area contributed by atoms with Crippen molar-refractivity contribution in [2.45, 2.75) is 46.0 Å². The summed E-state index contributed by atoms with van der Waals surface area (Å²) in [5.41, 5.74) is 8.03. The van der Waals surface area contributed by atoms with Gasteiger partial charge in [-0.1, -0.05) is 50.2 Å². The predicted molar refractivity (Wildman–Crippen MR) is 151 cm³/mol. The van der Waals surface area contributed by atoms with E-state index in [1.54, 1.807) is 18.2 Å². The number of hydrogen-bond donors (Lipinski definition) is 2. The van der Waals surface area contributed by atoms with Crippen LogP contribution in [-0.4, -0.2) is 51.3 Å². The highest BCUT2D eigenvalue weighted by Crippen LogP contribution is 2.31. The first-order chi connectivity index (χ1) is 18.9. The molecule has 3 aromatic rings. The summed E-state index contributed by atoms with van der Waals surface area (Å²) >= 11 is 0. The van der Waals surface area contributed by atoms with Crippen molar-refractivity contribution in [1.82, 2.24) is 14.5 Å². The van der Waals surface area contributed by atoms with Gasteiger partial charge >= 0.3 is 0 Å². The molecule has 1 atom stereocenters. The molecule has 9 heteroatoms. The molecule has 1 aliphatic heterocycles. The molecule has 0 saturated carbocycles. The number of likely N-dealkylation sites (tertiary alicyclic amines) is 1. The molecule has 0 radical (unpaired) electrons. The third-order valence-corrected chi connectivity index (χ3v) is 7.14. The number of benzene rings is 2. The van der Waals surface area contributed by atoms with Crippen molar-refractivity contribution in [1.29, 1.82) is 0 Å². The molecule has 2 heterocycles. The Morgan fingerprint density at radius 1 is 1.15 bits per heavy atom. The van der Waals surface area contributed by atoms with E-state index in [0.29, 0.717) is 49.2 Å². The fourth-order valence-corrected chi connectivity index (χ4v) is 5.13. The van der Waals surface area contributed by atoms with Crippen LogP contribution in [0.1, 0.15) is 66.0 Å². The maximum absolute atomic E-state index is 14.4. The fourth-order valence-electron chi connectivity index (χ4n) is 5.13. The second-order valence-electron chi connectivity index (χ2n) is 9.41. The van der Waals surface area contributed by atoms with Crippen LogP contribution in [0.15, 0.2) is 58.5 Å². The van der Waals surface area contributed by atoms with Crippen LogP contribution in [0.4, 0.5) is 4.39 Å². The minimum absolute atomic E-state index is 0.0926. The van der Waals surface area contributed by atoms with Crippen molar-refractivity contribution in [3.63, 3.8) is 0 Å². The maximum atomic E-state index is 14.4. The Morgan fingerprint density at radius 3 is 2.46 bits per heavy atom. The molecule has 1 aromatic heterocycles. The molecule has 0 aliphatic carbocycles. The Balaban J connectivity index is 1.89. The number of aromatic hydroxyl groups is 1. The number of nitrogens with two attached hydrogens (primary N) is 1. The quantitative estimate of drug-likeness (QED) is 0.423. The Bertz CT molecular complexity index is 1470. The minimum Gasteiger partial charge on any atom is -0.493 e. The lowest BCUT2D eigenvalue weighted by atomic mass is 9.98. The van der Waals surface area contributed by atoms with E-state index in [0.717, 1.165) is 11.1 Å². The van der Waals surface area contributed by atoms with Crippen LogP contribution in [0.2, 0.25) is 0 Å². The number of carbonyl (C=O) groups is 1. The van der Waals surface area contributed by atoms with E-state index in [-0.39, 0.29) is 24.1 Å². The van der Waals surface area contributed by atoms with Gasteiger partial charge in [0.15, 0.2) is 11.4 Å². The van der Waals surface area contributed by atoms with E-state index >= 15 is 0 Å². The Morgan fingerprint density at radius 2 is 1.85 bits per heavy atom. The molecule has 3 N–H and O–H groups in total. The van der Waals surface area contributed by atoms with E-state index in [1.807, 2.05) is 39.0 Å². The SMILES string of the molecule is CCN=CC(=CN)c1nc(O)c(C(=O)N2CCC(c3ccccc3F)C2)c(=O)n1-c1c(CC)cccc1CC. The average Bonchev–Trinajstić information content (AvgIpc) is 3.43. The number of aromatic nitrogens is 2. The number of carbonyl (C=O) groups excluding carboxylic acids is 1. The van der Waals surface area contributed by atoms with Crippen molar-refractivity contribution >= 4 is 17.7 Å². The third kappa shape index (κ3) is 5.34. The van der Waals surface area contributed by atoms with Gasteiger partial charge in [0.25, 0.3) is 11.5 Å². The molecule has 1 fully saturated rings. The maximum Gasteiger partial charge on any atom is 0.275 e. The summed E-state index contributed by atoms with van der Waals surface area (Å²) in [5, 5.41) is 11.0. The molecule has 39 heavy (non-hydrogen) atoms. The van der Waals surface area contributed by atoms with Crippen LogP contribution in [0.3, 0.4) is 0 Å². The van der Waals surface area contributed by atoms with Gasteiger partial charge in [0.2, 0.25) is 5.88 Å². The van der Waals surface area contributed by atoms with Crippen LogP contribution in [0.5, 0.6) is 5.88 Å². The van der Waals surface area contributed by atoms with Gasteiger partial charge in [-0.15, -0.1) is 0 Å². The number of aliphatic imine (C=N–C) groups is 1. The number of nitrogens with zero attached hydrogens (tertiary/aromatic N) is 4. The van der Waals surface area contributed by atoms with Crippen LogP contribution in [0.25, 0.3) is 11.3 Å². The monoisotopic (exact) mass is 531 g/mol. The van der Waals surface area contributed by atoms with Gasteiger partial charge in [-0.2, -0.15) is 4.98 Å². The van der Waals surface area contributed by atoms with Gasteiger partial charge in [-0.3, -0.25) is 19.1 Å². The van der Waals surface area contributed by atoms with Crippen molar-refractivity contribution in [3.05, 3.63) is 92.9 Å². The van der Waals surface area contributed by atoms with Crippen LogP contribution in [-0.2, 0) is 12.8 Å². The van der Waals surface area contributed by atoms with Crippen molar-refractivity contribution in [2.24, 2.45) is 10.7 Å². The molecule has 0 bridgehead atoms. The summed E-state index contributed by atoms with van der Waals surface area (Å²) in [6, 6.07) is 12.3. The lowest BCUT2D eigenvalue weighted by Gasteiger charge is -2.22. The van der Waals surface area contributed by atoms with E-state index in [2.05, 4.69) is 9.98 Å². The summed E-state index contributed by atoms with van der Waals surface area (Å²) < 4.78 is 15.8. The zero-order valence-corrected chi connectivity index (χ0v) is 22.5. The predicted octanol–water partition coefficient (Wildman–Crippen LogP) is 4.22. The van der Waals surface area contributed by atoms with E-state index in [1.165, 1.54) is 27.9 Å². The molecule has 204 valence electrons. The lowest BCUT2D eigenvalue weighted by molar-refractivity contribution is 0.0784. The van der Waals surface area contributed by atoms with Crippen molar-refractivity contribution in [2.75, 3.05) is 19.6 Å².